The van der Waals surface area contributed by atoms with Gasteiger partial charge in [0.15, 0.2) is 0 Å². The summed E-state index contributed by atoms with van der Waals surface area (Å²) in [5.74, 6) is -0.0282. The molecule has 0 saturated carbocycles. The number of hydrogen-bond acceptors (Lipinski definition) is 3. The van der Waals surface area contributed by atoms with Crippen LogP contribution in [0.2, 0.25) is 0 Å². The molecular weight excluding hydrogens is 238 g/mol. The van der Waals surface area contributed by atoms with E-state index in [1.54, 1.807) is 0 Å². The molecule has 19 heavy (non-hydrogen) atoms. The Bertz CT molecular complexity index is 451. The lowest BCUT2D eigenvalue weighted by Gasteiger charge is -2.30. The van der Waals surface area contributed by atoms with Gasteiger partial charge in [-0.15, -0.1) is 0 Å². The predicted octanol–water partition coefficient (Wildman–Crippen LogP) is 2.46. The largest absolute Gasteiger partial charge is 0.382 e. The number of amides is 1. The van der Waals surface area contributed by atoms with E-state index < -0.39 is 0 Å². The Labute approximate surface area is 115 Å². The maximum absolute atomic E-state index is 11.2. The highest BCUT2D eigenvalue weighted by Gasteiger charge is 2.16. The molecule has 1 aliphatic rings. The van der Waals surface area contributed by atoms with Crippen molar-refractivity contribution in [2.75, 3.05) is 30.8 Å². The van der Waals surface area contributed by atoms with E-state index in [9.17, 15) is 4.79 Å². The topological polar surface area (TPSA) is 44.4 Å². The molecule has 2 rings (SSSR count). The molecule has 0 spiro atoms. The van der Waals surface area contributed by atoms with E-state index in [-0.39, 0.29) is 5.91 Å². The molecule has 0 aromatic heterocycles. The number of carbonyl (C=O) groups excluding carboxylic acids is 1. The van der Waals surface area contributed by atoms with Gasteiger partial charge in [-0.3, -0.25) is 4.79 Å². The van der Waals surface area contributed by atoms with Crippen LogP contribution in [0.25, 0.3) is 0 Å². The first-order valence-electron chi connectivity index (χ1n) is 6.88. The molecule has 4 heteroatoms. The average molecular weight is 261 g/mol. The average Bonchev–Trinajstić information content (AvgIpc) is 2.36. The van der Waals surface area contributed by atoms with Crippen LogP contribution in [-0.4, -0.2) is 37.0 Å². The Morgan fingerprint density at radius 2 is 2.00 bits per heavy atom. The smallest absolute Gasteiger partial charge is 0.221 e. The Kier molecular flexibility index (Phi) is 4.43. The second-order valence-electron chi connectivity index (χ2n) is 5.43. The summed E-state index contributed by atoms with van der Waals surface area (Å²) in [4.78, 5) is 13.5. The fourth-order valence-corrected chi connectivity index (χ4v) is 2.42. The molecular formula is C15H23N3O. The summed E-state index contributed by atoms with van der Waals surface area (Å²) in [6, 6.07) is 6.68. The van der Waals surface area contributed by atoms with Gasteiger partial charge >= 0.3 is 0 Å². The third-order valence-corrected chi connectivity index (χ3v) is 3.64. The first-order valence-corrected chi connectivity index (χ1v) is 6.88. The van der Waals surface area contributed by atoms with Crippen molar-refractivity contribution in [3.05, 3.63) is 23.8 Å². The van der Waals surface area contributed by atoms with E-state index in [0.717, 1.165) is 30.0 Å². The lowest BCUT2D eigenvalue weighted by atomic mass is 10.0. The first-order chi connectivity index (χ1) is 9.04. The monoisotopic (exact) mass is 261 g/mol. The Morgan fingerprint density at radius 3 is 2.63 bits per heavy atom. The molecule has 1 aromatic carbocycles. The molecule has 2 N–H and O–H groups in total. The molecule has 1 aliphatic heterocycles. The highest BCUT2D eigenvalue weighted by molar-refractivity contribution is 5.90. The van der Waals surface area contributed by atoms with Gasteiger partial charge in [0.2, 0.25) is 5.91 Å². The zero-order chi connectivity index (χ0) is 13.8. The normalized spacial score (nSPS) is 17.2. The van der Waals surface area contributed by atoms with Crippen molar-refractivity contribution < 1.29 is 4.79 Å². The second kappa shape index (κ2) is 6.06. The minimum atomic E-state index is -0.0282. The minimum absolute atomic E-state index is 0.0282. The van der Waals surface area contributed by atoms with Crippen molar-refractivity contribution in [3.63, 3.8) is 0 Å². The van der Waals surface area contributed by atoms with Gasteiger partial charge in [-0.05, 0) is 57.6 Å². The summed E-state index contributed by atoms with van der Waals surface area (Å²) in [5.41, 5.74) is 3.07. The number of piperidine rings is 1. The molecule has 1 amide bonds. The zero-order valence-corrected chi connectivity index (χ0v) is 12.0. The van der Waals surface area contributed by atoms with Crippen LogP contribution in [0, 0.1) is 6.92 Å². The Morgan fingerprint density at radius 1 is 1.32 bits per heavy atom. The van der Waals surface area contributed by atoms with Gasteiger partial charge < -0.3 is 15.5 Å². The quantitative estimate of drug-likeness (QED) is 0.878. The number of nitrogens with one attached hydrogen (secondary N) is 2. The molecule has 0 radical (unpaired) electrons. The van der Waals surface area contributed by atoms with Crippen molar-refractivity contribution in [1.29, 1.82) is 0 Å². The molecule has 0 bridgehead atoms. The van der Waals surface area contributed by atoms with Crippen LogP contribution in [-0.2, 0) is 4.79 Å². The first kappa shape index (κ1) is 13.9. The molecule has 0 unspecified atom stereocenters. The standard InChI is InChI=1S/C15H23N3O/c1-11-4-5-14(10-15(11)16-12(2)19)17-13-6-8-18(3)9-7-13/h4-5,10,13,17H,6-9H2,1-3H3,(H,16,19). The van der Waals surface area contributed by atoms with Gasteiger partial charge in [0.1, 0.15) is 0 Å². The molecule has 1 saturated heterocycles. The van der Waals surface area contributed by atoms with Crippen molar-refractivity contribution in [2.45, 2.75) is 32.7 Å². The van der Waals surface area contributed by atoms with Gasteiger partial charge in [-0.25, -0.2) is 0 Å². The number of hydrogen-bond donors (Lipinski definition) is 2. The lowest BCUT2D eigenvalue weighted by Crippen LogP contribution is -2.36. The molecule has 104 valence electrons. The molecule has 1 aromatic rings. The van der Waals surface area contributed by atoms with Crippen LogP contribution in [0.5, 0.6) is 0 Å². The third kappa shape index (κ3) is 3.96. The maximum Gasteiger partial charge on any atom is 0.221 e. The van der Waals surface area contributed by atoms with Crippen LogP contribution < -0.4 is 10.6 Å². The van der Waals surface area contributed by atoms with Gasteiger partial charge in [0.25, 0.3) is 0 Å². The van der Waals surface area contributed by atoms with Crippen molar-refractivity contribution in [3.8, 4) is 0 Å². The van der Waals surface area contributed by atoms with Crippen LogP contribution in [0.15, 0.2) is 18.2 Å². The molecule has 1 fully saturated rings. The van der Waals surface area contributed by atoms with E-state index in [1.165, 1.54) is 19.8 Å². The number of benzene rings is 1. The van der Waals surface area contributed by atoms with Gasteiger partial charge in [-0.1, -0.05) is 6.07 Å². The van der Waals surface area contributed by atoms with E-state index in [1.807, 2.05) is 19.1 Å². The highest BCUT2D eigenvalue weighted by Crippen LogP contribution is 2.22. The lowest BCUT2D eigenvalue weighted by molar-refractivity contribution is -0.114. The van der Waals surface area contributed by atoms with Crippen LogP contribution in [0.3, 0.4) is 0 Å². The number of likely N-dealkylation sites (tertiary alicyclic amines) is 1. The third-order valence-electron chi connectivity index (χ3n) is 3.64. The minimum Gasteiger partial charge on any atom is -0.382 e. The summed E-state index contributed by atoms with van der Waals surface area (Å²) in [7, 11) is 2.16. The van der Waals surface area contributed by atoms with Gasteiger partial charge in [0.05, 0.1) is 0 Å². The van der Waals surface area contributed by atoms with Gasteiger partial charge in [0, 0.05) is 24.3 Å². The number of anilines is 2. The van der Waals surface area contributed by atoms with Crippen LogP contribution in [0.1, 0.15) is 25.3 Å². The fourth-order valence-electron chi connectivity index (χ4n) is 2.42. The number of carbonyl (C=O) groups is 1. The highest BCUT2D eigenvalue weighted by atomic mass is 16.1. The van der Waals surface area contributed by atoms with Crippen molar-refractivity contribution in [2.24, 2.45) is 0 Å². The van der Waals surface area contributed by atoms with E-state index in [0.29, 0.717) is 6.04 Å². The Balaban J connectivity index is 2.02. The number of aryl methyl sites for hydroxylation is 1. The van der Waals surface area contributed by atoms with E-state index in [2.05, 4.69) is 28.6 Å². The van der Waals surface area contributed by atoms with E-state index >= 15 is 0 Å². The predicted molar refractivity (Wildman–Crippen MR) is 79.6 cm³/mol. The maximum atomic E-state index is 11.2. The summed E-state index contributed by atoms with van der Waals surface area (Å²) in [5, 5.41) is 6.43. The summed E-state index contributed by atoms with van der Waals surface area (Å²) in [6.45, 7) is 5.82. The summed E-state index contributed by atoms with van der Waals surface area (Å²) >= 11 is 0. The van der Waals surface area contributed by atoms with E-state index in [4.69, 9.17) is 0 Å². The second-order valence-corrected chi connectivity index (χ2v) is 5.43. The number of nitrogens with zero attached hydrogens (tertiary/aromatic N) is 1. The zero-order valence-electron chi connectivity index (χ0n) is 12.0. The van der Waals surface area contributed by atoms with Crippen LogP contribution in [0.4, 0.5) is 11.4 Å². The van der Waals surface area contributed by atoms with Gasteiger partial charge in [-0.2, -0.15) is 0 Å². The summed E-state index contributed by atoms with van der Waals surface area (Å²) in [6.07, 6.45) is 2.33. The van der Waals surface area contributed by atoms with Crippen molar-refractivity contribution >= 4 is 17.3 Å². The Hall–Kier alpha value is -1.55. The number of rotatable bonds is 3. The molecule has 0 aliphatic carbocycles. The van der Waals surface area contributed by atoms with Crippen molar-refractivity contribution in [1.82, 2.24) is 4.90 Å². The molecule has 0 atom stereocenters. The summed E-state index contributed by atoms with van der Waals surface area (Å²) < 4.78 is 0. The fraction of sp³-hybridized carbons (Fsp3) is 0.533. The SMILES string of the molecule is CC(=O)Nc1cc(NC2CCN(C)CC2)ccc1C. The molecule has 1 heterocycles. The molecule has 4 nitrogen and oxygen atoms in total. The van der Waals surface area contributed by atoms with Crippen LogP contribution >= 0.6 is 0 Å².